The van der Waals surface area contributed by atoms with Crippen molar-refractivity contribution < 1.29 is 19.0 Å². The van der Waals surface area contributed by atoms with Gasteiger partial charge in [-0.3, -0.25) is 4.79 Å². The van der Waals surface area contributed by atoms with Gasteiger partial charge in [0.05, 0.1) is 22.8 Å². The molecule has 1 saturated heterocycles. The number of carboxylic acid groups (broad SMARTS) is 1. The third-order valence-corrected chi connectivity index (χ3v) is 5.37. The Morgan fingerprint density at radius 1 is 1.25 bits per heavy atom. The lowest BCUT2D eigenvalue weighted by atomic mass is 10.1. The van der Waals surface area contributed by atoms with E-state index in [1.807, 2.05) is 9.47 Å². The van der Waals surface area contributed by atoms with Crippen molar-refractivity contribution in [3.8, 4) is 5.75 Å². The lowest BCUT2D eigenvalue weighted by Crippen LogP contribution is -2.46. The van der Waals surface area contributed by atoms with Crippen LogP contribution in [0.5, 0.6) is 5.75 Å². The molecule has 0 spiro atoms. The van der Waals surface area contributed by atoms with Gasteiger partial charge in [-0.15, -0.1) is 24.0 Å². The average Bonchev–Trinajstić information content (AvgIpc) is 3.49. The number of hydrogen-bond acceptors (Lipinski definition) is 5. The van der Waals surface area contributed by atoms with E-state index in [9.17, 15) is 14.0 Å². The van der Waals surface area contributed by atoms with Crippen LogP contribution in [0, 0.1) is 5.82 Å². The van der Waals surface area contributed by atoms with Crippen molar-refractivity contribution in [2.24, 2.45) is 0 Å². The number of fused-ring (bicyclic) bond motifs is 1. The van der Waals surface area contributed by atoms with E-state index >= 15 is 0 Å². The number of benzene rings is 1. The summed E-state index contributed by atoms with van der Waals surface area (Å²) >= 11 is 0. The normalized spacial score (nSPS) is 17.4. The number of halogens is 2. The maximum atomic E-state index is 14.8. The van der Waals surface area contributed by atoms with E-state index in [4.69, 9.17) is 5.11 Å². The topological polar surface area (TPSA) is 75.0 Å². The number of rotatable bonds is 4. The molecule has 0 amide bonds. The molecule has 1 saturated carbocycles. The van der Waals surface area contributed by atoms with Gasteiger partial charge in [0, 0.05) is 32.2 Å². The molecule has 9 heteroatoms. The lowest BCUT2D eigenvalue weighted by molar-refractivity contribution is 0.143. The van der Waals surface area contributed by atoms with Crippen LogP contribution in [0.25, 0.3) is 10.9 Å². The van der Waals surface area contributed by atoms with Crippen LogP contribution in [0.2, 0.25) is 0 Å². The van der Waals surface area contributed by atoms with Gasteiger partial charge in [0.2, 0.25) is 5.43 Å². The summed E-state index contributed by atoms with van der Waals surface area (Å²) in [6.07, 6.45) is 1.76. The summed E-state index contributed by atoms with van der Waals surface area (Å²) in [5.74, 6) is -0.759. The minimum atomic E-state index is -1.56. The Balaban J connectivity index is 0.00000225. The van der Waals surface area contributed by atoms with Gasteiger partial charge in [-0.05, 0) is 31.5 Å². The maximum Gasteiger partial charge on any atom is 0.511 e. The average molecular weight is 503 g/mol. The van der Waals surface area contributed by atoms with E-state index in [1.165, 1.54) is 12.3 Å². The minimum absolute atomic E-state index is 0. The van der Waals surface area contributed by atoms with Crippen LogP contribution in [-0.2, 0) is 0 Å². The van der Waals surface area contributed by atoms with Gasteiger partial charge in [-0.1, -0.05) is 6.92 Å². The number of piperazine rings is 1. The van der Waals surface area contributed by atoms with Crippen LogP contribution >= 0.6 is 24.0 Å². The van der Waals surface area contributed by atoms with E-state index in [2.05, 4.69) is 16.6 Å². The van der Waals surface area contributed by atoms with Gasteiger partial charge in [0.15, 0.2) is 5.75 Å². The van der Waals surface area contributed by atoms with Crippen molar-refractivity contribution in [3.05, 3.63) is 34.4 Å². The summed E-state index contributed by atoms with van der Waals surface area (Å²) in [6.45, 7) is 6.27. The van der Waals surface area contributed by atoms with Gasteiger partial charge in [0.25, 0.3) is 0 Å². The molecule has 1 aromatic heterocycles. The minimum Gasteiger partial charge on any atom is -0.449 e. The monoisotopic (exact) mass is 503 g/mol. The van der Waals surface area contributed by atoms with E-state index in [0.29, 0.717) is 11.2 Å². The molecule has 1 aliphatic carbocycles. The van der Waals surface area contributed by atoms with Crippen molar-refractivity contribution in [1.82, 2.24) is 9.47 Å². The molecule has 1 aliphatic heterocycles. The van der Waals surface area contributed by atoms with Crippen LogP contribution < -0.4 is 15.1 Å². The molecule has 1 aromatic carbocycles. The molecule has 2 heterocycles. The summed E-state index contributed by atoms with van der Waals surface area (Å²) in [5.41, 5.74) is 0.499. The maximum absolute atomic E-state index is 14.8. The van der Waals surface area contributed by atoms with Crippen molar-refractivity contribution >= 4 is 46.7 Å². The summed E-state index contributed by atoms with van der Waals surface area (Å²) in [4.78, 5) is 27.8. The molecule has 152 valence electrons. The van der Waals surface area contributed by atoms with Crippen LogP contribution in [0.1, 0.15) is 25.8 Å². The lowest BCUT2D eigenvalue weighted by Gasteiger charge is -2.35. The third kappa shape index (κ3) is 3.95. The zero-order valence-electron chi connectivity index (χ0n) is 15.6. The van der Waals surface area contributed by atoms with Crippen LogP contribution in [0.4, 0.5) is 14.9 Å². The first-order chi connectivity index (χ1) is 13.0. The van der Waals surface area contributed by atoms with Crippen LogP contribution in [-0.4, -0.2) is 53.5 Å². The highest BCUT2D eigenvalue weighted by molar-refractivity contribution is 14.0. The van der Waals surface area contributed by atoms with Crippen molar-refractivity contribution in [1.29, 1.82) is 0 Å². The number of carbonyl (C=O) groups is 1. The Kier molecular flexibility index (Phi) is 6.13. The molecular weight excluding hydrogens is 480 g/mol. The molecule has 28 heavy (non-hydrogen) atoms. The second kappa shape index (κ2) is 8.24. The van der Waals surface area contributed by atoms with Crippen LogP contribution in [0.15, 0.2) is 23.1 Å². The molecule has 0 unspecified atom stereocenters. The van der Waals surface area contributed by atoms with Gasteiger partial charge in [0.1, 0.15) is 5.82 Å². The predicted molar refractivity (Wildman–Crippen MR) is 115 cm³/mol. The molecule has 2 aromatic rings. The first kappa shape index (κ1) is 20.8. The Labute approximate surface area is 178 Å². The van der Waals surface area contributed by atoms with E-state index < -0.39 is 17.4 Å². The van der Waals surface area contributed by atoms with Gasteiger partial charge < -0.3 is 24.2 Å². The fourth-order valence-electron chi connectivity index (χ4n) is 3.70. The predicted octanol–water partition coefficient (Wildman–Crippen LogP) is 3.29. The quantitative estimate of drug-likeness (QED) is 0.510. The number of pyridine rings is 1. The molecule has 0 atom stereocenters. The van der Waals surface area contributed by atoms with Gasteiger partial charge in [-0.2, -0.15) is 0 Å². The first-order valence-corrected chi connectivity index (χ1v) is 9.24. The summed E-state index contributed by atoms with van der Waals surface area (Å²) in [5, 5.41) is 9.01. The summed E-state index contributed by atoms with van der Waals surface area (Å²) in [7, 11) is 0. The smallest absolute Gasteiger partial charge is 0.449 e. The fourth-order valence-corrected chi connectivity index (χ4v) is 3.70. The van der Waals surface area contributed by atoms with E-state index in [0.717, 1.165) is 45.6 Å². The second-order valence-corrected chi connectivity index (χ2v) is 7.07. The largest absolute Gasteiger partial charge is 0.511 e. The first-order valence-electron chi connectivity index (χ1n) is 9.24. The Morgan fingerprint density at radius 3 is 2.50 bits per heavy atom. The Bertz CT molecular complexity index is 952. The van der Waals surface area contributed by atoms with E-state index in [1.54, 1.807) is 6.07 Å². The number of aromatic nitrogens is 1. The number of hydrogen-bond donors (Lipinski definition) is 1. The van der Waals surface area contributed by atoms with Crippen molar-refractivity contribution in [2.45, 2.75) is 25.8 Å². The van der Waals surface area contributed by atoms with Crippen molar-refractivity contribution in [2.75, 3.05) is 37.6 Å². The molecular formula is C19H23FIN3O4. The SMILES string of the molecule is CCN1CCN(c2cc3c(cc2F)c(=O)c(OC(=O)O)cn3C2CC2)CC1.I. The molecule has 4 rings (SSSR count). The van der Waals surface area contributed by atoms with Crippen LogP contribution in [0.3, 0.4) is 0 Å². The number of ether oxygens (including phenoxy) is 1. The molecule has 2 aliphatic rings. The fraction of sp³-hybridized carbons (Fsp3) is 0.474. The zero-order chi connectivity index (χ0) is 19.1. The molecule has 0 bridgehead atoms. The molecule has 1 N–H and O–H groups in total. The highest BCUT2D eigenvalue weighted by Gasteiger charge is 2.28. The third-order valence-electron chi connectivity index (χ3n) is 5.37. The number of likely N-dealkylation sites (N-methyl/N-ethyl adjacent to an activating group) is 1. The second-order valence-electron chi connectivity index (χ2n) is 7.07. The molecule has 7 nitrogen and oxygen atoms in total. The standard InChI is InChI=1S/C19H22FN3O4.HI/c1-2-21-5-7-22(8-6-21)16-10-15-13(9-14(16)20)18(24)17(27-19(25)26)11-23(15)12-3-4-12;/h9-12H,2-8H2,1H3,(H,25,26);1H. The van der Waals surface area contributed by atoms with Crippen molar-refractivity contribution in [3.63, 3.8) is 0 Å². The van der Waals surface area contributed by atoms with Gasteiger partial charge >= 0.3 is 6.16 Å². The summed E-state index contributed by atoms with van der Waals surface area (Å²) in [6, 6.07) is 3.11. The Morgan fingerprint density at radius 2 is 1.93 bits per heavy atom. The summed E-state index contributed by atoms with van der Waals surface area (Å²) < 4.78 is 21.3. The number of anilines is 1. The van der Waals surface area contributed by atoms with E-state index in [-0.39, 0.29) is 41.2 Å². The molecule has 2 fully saturated rings. The Hall–Kier alpha value is -1.88. The number of nitrogens with zero attached hydrogens (tertiary/aromatic N) is 3. The highest BCUT2D eigenvalue weighted by Crippen LogP contribution is 2.39. The van der Waals surface area contributed by atoms with Gasteiger partial charge in [-0.25, -0.2) is 9.18 Å². The highest BCUT2D eigenvalue weighted by atomic mass is 127. The zero-order valence-corrected chi connectivity index (χ0v) is 17.9. The molecule has 0 radical (unpaired) electrons.